The summed E-state index contributed by atoms with van der Waals surface area (Å²) >= 11 is 3.29. The molecule has 3 N–H and O–H groups in total. The molecule has 0 radical (unpaired) electrons. The molecule has 1 rings (SSSR count). The van der Waals surface area contributed by atoms with E-state index in [4.69, 9.17) is 15.9 Å². The van der Waals surface area contributed by atoms with Gasteiger partial charge in [0.15, 0.2) is 0 Å². The minimum atomic E-state index is 0.538. The van der Waals surface area contributed by atoms with Gasteiger partial charge in [-0.3, -0.25) is 0 Å². The Bertz CT molecular complexity index is 289. The molecule has 0 aromatic heterocycles. The zero-order chi connectivity index (χ0) is 9.14. The average molecular weight is 229 g/mol. The van der Waals surface area contributed by atoms with Crippen molar-refractivity contribution in [1.82, 2.24) is 0 Å². The molecule has 0 unspecified atom stereocenters. The van der Waals surface area contributed by atoms with Gasteiger partial charge in [-0.2, -0.15) is 0 Å². The summed E-state index contributed by atoms with van der Waals surface area (Å²) in [5.41, 5.74) is 6.86. The number of hydrogen-bond donors (Lipinski definition) is 2. The minimum Gasteiger partial charge on any atom is -0.497 e. The lowest BCUT2D eigenvalue weighted by Crippen LogP contribution is -1.95. The average Bonchev–Trinajstić information content (AvgIpc) is 2.03. The van der Waals surface area contributed by atoms with Gasteiger partial charge in [0, 0.05) is 28.0 Å². The second-order valence-corrected chi connectivity index (χ2v) is 3.11. The summed E-state index contributed by atoms with van der Waals surface area (Å²) in [5.74, 6) is 0.685. The van der Waals surface area contributed by atoms with Gasteiger partial charge in [0.05, 0.1) is 7.11 Å². The van der Waals surface area contributed by atoms with Gasteiger partial charge in [-0.05, 0) is 22.0 Å². The van der Waals surface area contributed by atoms with Crippen LogP contribution < -0.4 is 10.5 Å². The van der Waals surface area contributed by atoms with E-state index in [-0.39, 0.29) is 0 Å². The van der Waals surface area contributed by atoms with E-state index in [2.05, 4.69) is 15.9 Å². The lowest BCUT2D eigenvalue weighted by atomic mass is 10.2. The monoisotopic (exact) mass is 228 g/mol. The molecule has 0 amide bonds. The van der Waals surface area contributed by atoms with E-state index in [1.807, 2.05) is 0 Å². The highest BCUT2D eigenvalue weighted by atomic mass is 79.9. The summed E-state index contributed by atoms with van der Waals surface area (Å²) in [5, 5.41) is 7.08. The van der Waals surface area contributed by atoms with Crippen molar-refractivity contribution in [2.45, 2.75) is 0 Å². The number of methoxy groups -OCH3 is 1. The summed E-state index contributed by atoms with van der Waals surface area (Å²) < 4.78 is 5.76. The van der Waals surface area contributed by atoms with Crippen LogP contribution >= 0.6 is 15.9 Å². The standard InChI is InChI=1S/C8H9BrN2O/c1-12-5-2-7(9)6(4-10)8(11)3-5/h2-4,10H,11H2,1H3. The molecule has 0 heterocycles. The van der Waals surface area contributed by atoms with Crippen LogP contribution in [0.1, 0.15) is 5.56 Å². The molecule has 0 fully saturated rings. The number of nitrogens with one attached hydrogen (secondary N) is 1. The lowest BCUT2D eigenvalue weighted by Gasteiger charge is -2.05. The van der Waals surface area contributed by atoms with Crippen LogP contribution in [0.2, 0.25) is 0 Å². The van der Waals surface area contributed by atoms with Crippen LogP contribution in [-0.4, -0.2) is 13.3 Å². The van der Waals surface area contributed by atoms with Crippen molar-refractivity contribution in [2.24, 2.45) is 0 Å². The van der Waals surface area contributed by atoms with E-state index in [0.717, 1.165) is 4.47 Å². The highest BCUT2D eigenvalue weighted by Crippen LogP contribution is 2.27. The number of anilines is 1. The number of benzene rings is 1. The highest BCUT2D eigenvalue weighted by Gasteiger charge is 2.03. The van der Waals surface area contributed by atoms with E-state index in [1.54, 1.807) is 19.2 Å². The summed E-state index contributed by atoms with van der Waals surface area (Å²) in [6.45, 7) is 0. The van der Waals surface area contributed by atoms with Gasteiger partial charge in [0.1, 0.15) is 5.75 Å². The Labute approximate surface area is 79.2 Å². The van der Waals surface area contributed by atoms with E-state index >= 15 is 0 Å². The Balaban J connectivity index is 3.27. The topological polar surface area (TPSA) is 59.1 Å². The van der Waals surface area contributed by atoms with Crippen molar-refractivity contribution in [2.75, 3.05) is 12.8 Å². The summed E-state index contributed by atoms with van der Waals surface area (Å²) in [6, 6.07) is 3.46. The van der Waals surface area contributed by atoms with Crippen LogP contribution in [0.5, 0.6) is 5.75 Å². The van der Waals surface area contributed by atoms with Gasteiger partial charge in [-0.1, -0.05) is 0 Å². The first-order chi connectivity index (χ1) is 5.69. The first kappa shape index (κ1) is 9.06. The number of rotatable bonds is 2. The molecule has 0 bridgehead atoms. The normalized spacial score (nSPS) is 9.50. The van der Waals surface area contributed by atoms with Gasteiger partial charge in [-0.25, -0.2) is 0 Å². The molecule has 12 heavy (non-hydrogen) atoms. The molecule has 0 aliphatic rings. The van der Waals surface area contributed by atoms with Gasteiger partial charge in [0.25, 0.3) is 0 Å². The van der Waals surface area contributed by atoms with Crippen LogP contribution in [0.3, 0.4) is 0 Å². The highest BCUT2D eigenvalue weighted by molar-refractivity contribution is 9.10. The summed E-state index contributed by atoms with van der Waals surface area (Å²) in [7, 11) is 1.57. The van der Waals surface area contributed by atoms with E-state index in [9.17, 15) is 0 Å². The van der Waals surface area contributed by atoms with Crippen LogP contribution in [0.15, 0.2) is 16.6 Å². The summed E-state index contributed by atoms with van der Waals surface area (Å²) in [6.07, 6.45) is 1.21. The van der Waals surface area contributed by atoms with E-state index in [1.165, 1.54) is 6.21 Å². The molecular formula is C8H9BrN2O. The van der Waals surface area contributed by atoms with Crippen molar-refractivity contribution >= 4 is 27.8 Å². The molecule has 0 atom stereocenters. The van der Waals surface area contributed by atoms with Gasteiger partial charge < -0.3 is 15.9 Å². The fraction of sp³-hybridized carbons (Fsp3) is 0.125. The molecule has 64 valence electrons. The fourth-order valence-electron chi connectivity index (χ4n) is 0.883. The Hall–Kier alpha value is -1.03. The van der Waals surface area contributed by atoms with Crippen LogP contribution in [-0.2, 0) is 0 Å². The maximum atomic E-state index is 7.08. The Morgan fingerprint density at radius 3 is 2.67 bits per heavy atom. The zero-order valence-corrected chi connectivity index (χ0v) is 8.18. The Kier molecular flexibility index (Phi) is 2.70. The van der Waals surface area contributed by atoms with Gasteiger partial charge in [0.2, 0.25) is 0 Å². The predicted octanol–water partition coefficient (Wildman–Crippen LogP) is 2.04. The molecular weight excluding hydrogens is 220 g/mol. The Morgan fingerprint density at radius 2 is 2.25 bits per heavy atom. The van der Waals surface area contributed by atoms with Gasteiger partial charge in [-0.15, -0.1) is 0 Å². The molecule has 3 nitrogen and oxygen atoms in total. The molecule has 0 saturated carbocycles. The SMILES string of the molecule is COc1cc(N)c(C=N)c(Br)c1. The molecule has 0 aliphatic heterocycles. The van der Waals surface area contributed by atoms with E-state index in [0.29, 0.717) is 17.0 Å². The minimum absolute atomic E-state index is 0.538. The third kappa shape index (κ3) is 1.58. The first-order valence-corrected chi connectivity index (χ1v) is 4.12. The number of ether oxygens (including phenoxy) is 1. The van der Waals surface area contributed by atoms with Crippen LogP contribution in [0.25, 0.3) is 0 Å². The molecule has 0 saturated heterocycles. The van der Waals surface area contributed by atoms with Crippen molar-refractivity contribution in [3.8, 4) is 5.75 Å². The summed E-state index contributed by atoms with van der Waals surface area (Å²) in [4.78, 5) is 0. The van der Waals surface area contributed by atoms with Gasteiger partial charge >= 0.3 is 0 Å². The van der Waals surface area contributed by atoms with Crippen molar-refractivity contribution in [1.29, 1.82) is 5.41 Å². The van der Waals surface area contributed by atoms with Crippen molar-refractivity contribution in [3.05, 3.63) is 22.2 Å². The molecule has 0 aliphatic carbocycles. The maximum Gasteiger partial charge on any atom is 0.122 e. The van der Waals surface area contributed by atoms with Crippen LogP contribution in [0, 0.1) is 5.41 Å². The molecule has 1 aromatic carbocycles. The van der Waals surface area contributed by atoms with Crippen molar-refractivity contribution < 1.29 is 4.74 Å². The quantitative estimate of drug-likeness (QED) is 0.602. The number of halogens is 1. The predicted molar refractivity (Wildman–Crippen MR) is 53.0 cm³/mol. The first-order valence-electron chi connectivity index (χ1n) is 3.32. The zero-order valence-electron chi connectivity index (χ0n) is 6.60. The fourth-order valence-corrected chi connectivity index (χ4v) is 1.45. The number of nitrogen functional groups attached to an aromatic ring is 1. The molecule has 0 spiro atoms. The Morgan fingerprint density at radius 1 is 1.58 bits per heavy atom. The number of nitrogens with two attached hydrogens (primary N) is 1. The third-order valence-electron chi connectivity index (χ3n) is 1.52. The van der Waals surface area contributed by atoms with Crippen molar-refractivity contribution in [3.63, 3.8) is 0 Å². The largest absolute Gasteiger partial charge is 0.497 e. The third-order valence-corrected chi connectivity index (χ3v) is 2.17. The second kappa shape index (κ2) is 3.58. The number of hydrogen-bond acceptors (Lipinski definition) is 3. The molecule has 1 aromatic rings. The molecule has 4 heteroatoms. The second-order valence-electron chi connectivity index (χ2n) is 2.26. The smallest absolute Gasteiger partial charge is 0.122 e. The van der Waals surface area contributed by atoms with E-state index < -0.39 is 0 Å². The maximum absolute atomic E-state index is 7.08. The lowest BCUT2D eigenvalue weighted by molar-refractivity contribution is 0.415. The van der Waals surface area contributed by atoms with Crippen LogP contribution in [0.4, 0.5) is 5.69 Å².